The lowest BCUT2D eigenvalue weighted by molar-refractivity contribution is 0.0954. The second-order valence-electron chi connectivity index (χ2n) is 7.62. The standard InChI is InChI=1S/C25H24O4/c1-5-24-15-9-6-12-18(27-2)21(15)25(26,22-16(24)10-7-13-19(22)28-3)23-17(24)11-8-14-20(23)29-4/h6-14,26H,5H2,1-4H3. The Morgan fingerprint density at radius 2 is 1.00 bits per heavy atom. The van der Waals surface area contributed by atoms with Gasteiger partial charge in [-0.25, -0.2) is 0 Å². The second-order valence-corrected chi connectivity index (χ2v) is 7.62. The molecule has 0 spiro atoms. The molecule has 1 N–H and O–H groups in total. The Morgan fingerprint density at radius 1 is 0.655 bits per heavy atom. The quantitative estimate of drug-likeness (QED) is 0.721. The molecular formula is C25H24O4. The highest BCUT2D eigenvalue weighted by Crippen LogP contribution is 2.66. The molecule has 4 heteroatoms. The smallest absolute Gasteiger partial charge is 0.152 e. The minimum atomic E-state index is -1.44. The van der Waals surface area contributed by atoms with Crippen LogP contribution in [0.15, 0.2) is 54.6 Å². The molecule has 3 aliphatic carbocycles. The van der Waals surface area contributed by atoms with Gasteiger partial charge in [-0.3, -0.25) is 0 Å². The van der Waals surface area contributed by atoms with Crippen LogP contribution in [0, 0.1) is 0 Å². The van der Waals surface area contributed by atoms with Gasteiger partial charge in [0.05, 0.1) is 21.3 Å². The van der Waals surface area contributed by atoms with Crippen LogP contribution in [0.2, 0.25) is 0 Å². The summed E-state index contributed by atoms with van der Waals surface area (Å²) in [6, 6.07) is 18.0. The van der Waals surface area contributed by atoms with Gasteiger partial charge in [0.1, 0.15) is 17.2 Å². The van der Waals surface area contributed by atoms with E-state index in [-0.39, 0.29) is 0 Å². The van der Waals surface area contributed by atoms with Gasteiger partial charge in [0, 0.05) is 22.1 Å². The number of benzene rings is 3. The zero-order valence-corrected chi connectivity index (χ0v) is 17.1. The maximum atomic E-state index is 12.6. The predicted octanol–water partition coefficient (Wildman–Crippen LogP) is 4.37. The van der Waals surface area contributed by atoms with Crippen LogP contribution in [-0.2, 0) is 11.0 Å². The molecule has 0 radical (unpaired) electrons. The van der Waals surface area contributed by atoms with Crippen molar-refractivity contribution in [1.82, 2.24) is 0 Å². The van der Waals surface area contributed by atoms with Gasteiger partial charge in [-0.15, -0.1) is 0 Å². The minimum Gasteiger partial charge on any atom is -0.496 e. The first-order valence-corrected chi connectivity index (χ1v) is 9.85. The summed E-state index contributed by atoms with van der Waals surface area (Å²) in [6.07, 6.45) is 0.823. The number of methoxy groups -OCH3 is 3. The van der Waals surface area contributed by atoms with Crippen molar-refractivity contribution in [2.75, 3.05) is 21.3 Å². The van der Waals surface area contributed by atoms with E-state index in [9.17, 15) is 5.11 Å². The Hall–Kier alpha value is -2.98. The Balaban J connectivity index is 2.07. The van der Waals surface area contributed by atoms with E-state index in [4.69, 9.17) is 14.2 Å². The van der Waals surface area contributed by atoms with Crippen LogP contribution in [0.25, 0.3) is 0 Å². The Bertz CT molecular complexity index is 994. The van der Waals surface area contributed by atoms with Crippen molar-refractivity contribution in [2.24, 2.45) is 0 Å². The SMILES string of the molecule is CCC12c3cccc(OC)c3C(O)(c3c(OC)cccc31)c1c(OC)cccc12. The van der Waals surface area contributed by atoms with Gasteiger partial charge in [-0.2, -0.15) is 0 Å². The molecule has 6 rings (SSSR count). The maximum Gasteiger partial charge on any atom is 0.152 e. The zero-order chi connectivity index (χ0) is 20.4. The first kappa shape index (κ1) is 18.1. The Kier molecular flexibility index (Phi) is 3.74. The third kappa shape index (κ3) is 1.88. The van der Waals surface area contributed by atoms with Crippen molar-refractivity contribution in [1.29, 1.82) is 0 Å². The minimum absolute atomic E-state index is 0.428. The van der Waals surface area contributed by atoms with Crippen LogP contribution >= 0.6 is 0 Å². The van der Waals surface area contributed by atoms with Crippen molar-refractivity contribution >= 4 is 0 Å². The molecule has 4 nitrogen and oxygen atoms in total. The van der Waals surface area contributed by atoms with Crippen LogP contribution < -0.4 is 14.2 Å². The number of ether oxygens (including phenoxy) is 3. The lowest BCUT2D eigenvalue weighted by Crippen LogP contribution is -2.51. The largest absolute Gasteiger partial charge is 0.496 e. The molecule has 148 valence electrons. The molecule has 29 heavy (non-hydrogen) atoms. The molecule has 0 aliphatic heterocycles. The summed E-state index contributed by atoms with van der Waals surface area (Å²) in [4.78, 5) is 0. The Labute approximate surface area is 170 Å². The van der Waals surface area contributed by atoms with E-state index in [2.05, 4.69) is 25.1 Å². The van der Waals surface area contributed by atoms with E-state index < -0.39 is 11.0 Å². The molecular weight excluding hydrogens is 364 g/mol. The van der Waals surface area contributed by atoms with Gasteiger partial charge in [0.25, 0.3) is 0 Å². The number of aliphatic hydroxyl groups is 1. The highest BCUT2D eigenvalue weighted by atomic mass is 16.5. The first-order valence-electron chi connectivity index (χ1n) is 9.85. The molecule has 3 aromatic carbocycles. The average Bonchev–Trinajstić information content (AvgIpc) is 2.78. The molecule has 0 amide bonds. The van der Waals surface area contributed by atoms with Crippen molar-refractivity contribution in [3.63, 3.8) is 0 Å². The summed E-state index contributed by atoms with van der Waals surface area (Å²) in [7, 11) is 4.93. The lowest BCUT2D eigenvalue weighted by Gasteiger charge is -2.54. The molecule has 0 heterocycles. The topological polar surface area (TPSA) is 47.9 Å². The molecule has 3 aromatic rings. The van der Waals surface area contributed by atoms with Crippen LogP contribution in [-0.4, -0.2) is 26.4 Å². The van der Waals surface area contributed by atoms with Gasteiger partial charge < -0.3 is 19.3 Å². The fraction of sp³-hybridized carbons (Fsp3) is 0.280. The van der Waals surface area contributed by atoms with Crippen molar-refractivity contribution in [3.05, 3.63) is 88.0 Å². The van der Waals surface area contributed by atoms with Crippen molar-refractivity contribution in [2.45, 2.75) is 24.4 Å². The van der Waals surface area contributed by atoms with E-state index >= 15 is 0 Å². The van der Waals surface area contributed by atoms with E-state index in [0.717, 1.165) is 39.8 Å². The fourth-order valence-corrected chi connectivity index (χ4v) is 5.67. The third-order valence-electron chi connectivity index (χ3n) is 6.73. The van der Waals surface area contributed by atoms with Crippen molar-refractivity contribution in [3.8, 4) is 17.2 Å². The summed E-state index contributed by atoms with van der Waals surface area (Å²) in [5, 5.41) is 12.6. The molecule has 2 bridgehead atoms. The predicted molar refractivity (Wildman–Crippen MR) is 111 cm³/mol. The van der Waals surface area contributed by atoms with E-state index in [1.54, 1.807) is 21.3 Å². The highest BCUT2D eigenvalue weighted by Gasteiger charge is 2.61. The Morgan fingerprint density at radius 3 is 1.28 bits per heavy atom. The maximum absolute atomic E-state index is 12.6. The van der Waals surface area contributed by atoms with Gasteiger partial charge in [-0.1, -0.05) is 43.3 Å². The van der Waals surface area contributed by atoms with Crippen LogP contribution in [0.4, 0.5) is 0 Å². The number of hydrogen-bond donors (Lipinski definition) is 1. The number of rotatable bonds is 4. The van der Waals surface area contributed by atoms with Crippen LogP contribution in [0.1, 0.15) is 46.7 Å². The van der Waals surface area contributed by atoms with Crippen LogP contribution in [0.5, 0.6) is 17.2 Å². The van der Waals surface area contributed by atoms with Crippen molar-refractivity contribution < 1.29 is 19.3 Å². The summed E-state index contributed by atoms with van der Waals surface area (Å²) < 4.78 is 17.3. The summed E-state index contributed by atoms with van der Waals surface area (Å²) in [6.45, 7) is 2.19. The van der Waals surface area contributed by atoms with E-state index in [1.807, 2.05) is 36.4 Å². The third-order valence-corrected chi connectivity index (χ3v) is 6.73. The highest BCUT2D eigenvalue weighted by molar-refractivity contribution is 5.79. The number of hydrogen-bond acceptors (Lipinski definition) is 4. The monoisotopic (exact) mass is 388 g/mol. The van der Waals surface area contributed by atoms with Crippen LogP contribution in [0.3, 0.4) is 0 Å². The summed E-state index contributed by atoms with van der Waals surface area (Å²) in [5.74, 6) is 1.99. The van der Waals surface area contributed by atoms with Gasteiger partial charge in [-0.05, 0) is 41.3 Å². The molecule has 0 saturated heterocycles. The summed E-state index contributed by atoms with van der Waals surface area (Å²) >= 11 is 0. The van der Waals surface area contributed by atoms with Gasteiger partial charge >= 0.3 is 0 Å². The van der Waals surface area contributed by atoms with E-state index in [1.165, 1.54) is 0 Å². The fourth-order valence-electron chi connectivity index (χ4n) is 5.67. The lowest BCUT2D eigenvalue weighted by atomic mass is 9.50. The van der Waals surface area contributed by atoms with Gasteiger partial charge in [0.2, 0.25) is 0 Å². The zero-order valence-electron chi connectivity index (χ0n) is 17.1. The molecule has 3 aliphatic rings. The molecule has 0 saturated carbocycles. The molecule has 0 unspecified atom stereocenters. The van der Waals surface area contributed by atoms with E-state index in [0.29, 0.717) is 17.2 Å². The first-order chi connectivity index (χ1) is 14.1. The normalized spacial score (nSPS) is 23.1. The molecule has 0 aromatic heterocycles. The second kappa shape index (κ2) is 6.01. The average molecular weight is 388 g/mol. The molecule has 0 fully saturated rings. The van der Waals surface area contributed by atoms with Gasteiger partial charge in [0.15, 0.2) is 5.60 Å². The molecule has 0 atom stereocenters. The summed E-state index contributed by atoms with van der Waals surface area (Å²) in [5.41, 5.74) is 3.68.